The van der Waals surface area contributed by atoms with E-state index in [1.807, 2.05) is 0 Å². The highest BCUT2D eigenvalue weighted by Crippen LogP contribution is 2.47. The van der Waals surface area contributed by atoms with Gasteiger partial charge in [0.15, 0.2) is 0 Å². The van der Waals surface area contributed by atoms with Crippen LogP contribution in [0.4, 0.5) is 0 Å². The molecule has 2 rings (SSSR count). The third-order valence-corrected chi connectivity index (χ3v) is 3.96. The van der Waals surface area contributed by atoms with Crippen molar-refractivity contribution in [1.29, 1.82) is 0 Å². The fourth-order valence-corrected chi connectivity index (χ4v) is 2.47. The Balaban J connectivity index is 2.06. The number of benzene rings is 1. The summed E-state index contributed by atoms with van der Waals surface area (Å²) in [5, 5.41) is 9.56. The molecule has 1 N–H and O–H groups in total. The standard InChI is InChI=1S/C15H22O/c1-3-12-4-6-13(7-5-12)10-15(2,11-16)14-8-9-14/h4-7,14,16H,3,8-11H2,1-2H3. The van der Waals surface area contributed by atoms with E-state index in [1.54, 1.807) is 0 Å². The molecule has 1 saturated carbocycles. The molecule has 1 aromatic carbocycles. The summed E-state index contributed by atoms with van der Waals surface area (Å²) in [4.78, 5) is 0. The molecule has 0 heterocycles. The summed E-state index contributed by atoms with van der Waals surface area (Å²) in [6.07, 6.45) is 4.70. The van der Waals surface area contributed by atoms with Gasteiger partial charge in [-0.1, -0.05) is 38.1 Å². The van der Waals surface area contributed by atoms with Crippen molar-refractivity contribution in [1.82, 2.24) is 0 Å². The Labute approximate surface area is 98.5 Å². The molecule has 0 aromatic heterocycles. The van der Waals surface area contributed by atoms with Crippen molar-refractivity contribution >= 4 is 0 Å². The van der Waals surface area contributed by atoms with Crippen LogP contribution in [0.25, 0.3) is 0 Å². The lowest BCUT2D eigenvalue weighted by Crippen LogP contribution is -2.26. The molecule has 0 bridgehead atoms. The van der Waals surface area contributed by atoms with Crippen molar-refractivity contribution in [3.63, 3.8) is 0 Å². The molecule has 1 aliphatic carbocycles. The van der Waals surface area contributed by atoms with E-state index in [2.05, 4.69) is 38.1 Å². The average Bonchev–Trinajstić information content (AvgIpc) is 3.14. The topological polar surface area (TPSA) is 20.2 Å². The monoisotopic (exact) mass is 218 g/mol. The van der Waals surface area contributed by atoms with Crippen LogP contribution in [0.2, 0.25) is 0 Å². The molecule has 0 aliphatic heterocycles. The van der Waals surface area contributed by atoms with Crippen molar-refractivity contribution in [2.45, 2.75) is 39.5 Å². The number of rotatable bonds is 5. The van der Waals surface area contributed by atoms with Gasteiger partial charge in [0.1, 0.15) is 0 Å². The molecule has 16 heavy (non-hydrogen) atoms. The van der Waals surface area contributed by atoms with Crippen LogP contribution in [0.5, 0.6) is 0 Å². The summed E-state index contributed by atoms with van der Waals surface area (Å²) in [6, 6.07) is 8.85. The van der Waals surface area contributed by atoms with E-state index in [4.69, 9.17) is 0 Å². The maximum Gasteiger partial charge on any atom is 0.0490 e. The van der Waals surface area contributed by atoms with Gasteiger partial charge < -0.3 is 5.11 Å². The molecule has 0 saturated heterocycles. The third kappa shape index (κ3) is 2.46. The molecule has 88 valence electrons. The lowest BCUT2D eigenvalue weighted by Gasteiger charge is -2.27. The van der Waals surface area contributed by atoms with Crippen molar-refractivity contribution < 1.29 is 5.11 Å². The van der Waals surface area contributed by atoms with Crippen LogP contribution in [-0.4, -0.2) is 11.7 Å². The van der Waals surface area contributed by atoms with Gasteiger partial charge in [0.05, 0.1) is 0 Å². The molecule has 0 spiro atoms. The van der Waals surface area contributed by atoms with Gasteiger partial charge in [-0.25, -0.2) is 0 Å². The van der Waals surface area contributed by atoms with Crippen LogP contribution in [-0.2, 0) is 12.8 Å². The minimum absolute atomic E-state index is 0.105. The first kappa shape index (κ1) is 11.7. The minimum Gasteiger partial charge on any atom is -0.396 e. The Morgan fingerprint density at radius 1 is 1.19 bits per heavy atom. The van der Waals surface area contributed by atoms with Crippen molar-refractivity contribution in [2.75, 3.05) is 6.61 Å². The minimum atomic E-state index is 0.105. The normalized spacial score (nSPS) is 19.4. The van der Waals surface area contributed by atoms with E-state index in [-0.39, 0.29) is 5.41 Å². The van der Waals surface area contributed by atoms with Gasteiger partial charge in [-0.2, -0.15) is 0 Å². The summed E-state index contributed by atoms with van der Waals surface area (Å²) in [7, 11) is 0. The predicted molar refractivity (Wildman–Crippen MR) is 67.4 cm³/mol. The largest absolute Gasteiger partial charge is 0.396 e. The molecule has 1 fully saturated rings. The average molecular weight is 218 g/mol. The smallest absolute Gasteiger partial charge is 0.0490 e. The SMILES string of the molecule is CCc1ccc(CC(C)(CO)C2CC2)cc1. The Morgan fingerprint density at radius 3 is 2.19 bits per heavy atom. The van der Waals surface area contributed by atoms with Crippen molar-refractivity contribution in [3.8, 4) is 0 Å². The molecule has 1 nitrogen and oxygen atoms in total. The lowest BCUT2D eigenvalue weighted by atomic mass is 9.79. The summed E-state index contributed by atoms with van der Waals surface area (Å²) < 4.78 is 0. The Morgan fingerprint density at radius 2 is 1.75 bits per heavy atom. The first-order chi connectivity index (χ1) is 7.68. The van der Waals surface area contributed by atoms with E-state index in [9.17, 15) is 5.11 Å². The zero-order valence-corrected chi connectivity index (χ0v) is 10.4. The van der Waals surface area contributed by atoms with E-state index >= 15 is 0 Å². The van der Waals surface area contributed by atoms with Crippen LogP contribution >= 0.6 is 0 Å². The summed E-state index contributed by atoms with van der Waals surface area (Å²) >= 11 is 0. The van der Waals surface area contributed by atoms with Gasteiger partial charge in [0, 0.05) is 6.61 Å². The summed E-state index contributed by atoms with van der Waals surface area (Å²) in [5.74, 6) is 0.739. The zero-order valence-electron chi connectivity index (χ0n) is 10.4. The molecule has 0 amide bonds. The summed E-state index contributed by atoms with van der Waals surface area (Å²) in [6.45, 7) is 4.71. The van der Waals surface area contributed by atoms with E-state index in [1.165, 1.54) is 24.0 Å². The number of aliphatic hydroxyl groups excluding tert-OH is 1. The van der Waals surface area contributed by atoms with Crippen molar-refractivity contribution in [3.05, 3.63) is 35.4 Å². The van der Waals surface area contributed by atoms with Crippen LogP contribution in [0.15, 0.2) is 24.3 Å². The van der Waals surface area contributed by atoms with E-state index in [0.29, 0.717) is 6.61 Å². The van der Waals surface area contributed by atoms with Gasteiger partial charge in [-0.05, 0) is 48.1 Å². The second-order valence-electron chi connectivity index (χ2n) is 5.43. The first-order valence-electron chi connectivity index (χ1n) is 6.36. The zero-order chi connectivity index (χ0) is 11.6. The van der Waals surface area contributed by atoms with Crippen LogP contribution < -0.4 is 0 Å². The Bertz CT molecular complexity index is 337. The molecular weight excluding hydrogens is 196 g/mol. The molecule has 1 aromatic rings. The highest BCUT2D eigenvalue weighted by Gasteiger charge is 2.40. The fraction of sp³-hybridized carbons (Fsp3) is 0.600. The van der Waals surface area contributed by atoms with Crippen LogP contribution in [0.3, 0.4) is 0 Å². The van der Waals surface area contributed by atoms with Gasteiger partial charge in [0.25, 0.3) is 0 Å². The molecule has 1 aliphatic rings. The second kappa shape index (κ2) is 4.58. The Kier molecular flexibility index (Phi) is 3.34. The maximum atomic E-state index is 9.56. The number of hydrogen-bond donors (Lipinski definition) is 1. The first-order valence-corrected chi connectivity index (χ1v) is 6.36. The van der Waals surface area contributed by atoms with Crippen LogP contribution in [0, 0.1) is 11.3 Å². The van der Waals surface area contributed by atoms with Gasteiger partial charge in [-0.3, -0.25) is 0 Å². The molecule has 1 unspecified atom stereocenters. The number of hydrogen-bond acceptors (Lipinski definition) is 1. The molecule has 0 radical (unpaired) electrons. The van der Waals surface area contributed by atoms with Crippen molar-refractivity contribution in [2.24, 2.45) is 11.3 Å². The van der Waals surface area contributed by atoms with Gasteiger partial charge >= 0.3 is 0 Å². The molecular formula is C15H22O. The predicted octanol–water partition coefficient (Wildman–Crippen LogP) is 3.20. The van der Waals surface area contributed by atoms with E-state index in [0.717, 1.165) is 18.8 Å². The highest BCUT2D eigenvalue weighted by atomic mass is 16.3. The highest BCUT2D eigenvalue weighted by molar-refractivity contribution is 5.23. The molecule has 1 atom stereocenters. The second-order valence-corrected chi connectivity index (χ2v) is 5.43. The number of aliphatic hydroxyl groups is 1. The van der Waals surface area contributed by atoms with Gasteiger partial charge in [-0.15, -0.1) is 0 Å². The number of aryl methyl sites for hydroxylation is 1. The maximum absolute atomic E-state index is 9.56. The lowest BCUT2D eigenvalue weighted by molar-refractivity contribution is 0.119. The fourth-order valence-electron chi connectivity index (χ4n) is 2.47. The quantitative estimate of drug-likeness (QED) is 0.804. The van der Waals surface area contributed by atoms with E-state index < -0.39 is 0 Å². The summed E-state index contributed by atoms with van der Waals surface area (Å²) in [5.41, 5.74) is 2.86. The third-order valence-electron chi connectivity index (χ3n) is 3.96. The van der Waals surface area contributed by atoms with Gasteiger partial charge in [0.2, 0.25) is 0 Å². The molecule has 1 heteroatoms. The van der Waals surface area contributed by atoms with Crippen LogP contribution in [0.1, 0.15) is 37.8 Å². The Hall–Kier alpha value is -0.820.